The lowest BCUT2D eigenvalue weighted by molar-refractivity contribution is 0.419. The van der Waals surface area contributed by atoms with E-state index in [9.17, 15) is 0 Å². The molecule has 6 nitrogen and oxygen atoms in total. The minimum absolute atomic E-state index is 0.570. The van der Waals surface area contributed by atoms with Crippen LogP contribution in [-0.2, 0) is 0 Å². The first-order valence-corrected chi connectivity index (χ1v) is 24.2. The third-order valence-corrected chi connectivity index (χ3v) is 13.3. The molecule has 342 valence electrons. The quantitative estimate of drug-likeness (QED) is 0.122. The van der Waals surface area contributed by atoms with Gasteiger partial charge in [0, 0.05) is 68.6 Å². The van der Waals surface area contributed by atoms with E-state index in [4.69, 9.17) is 9.47 Å². The molecule has 2 heterocycles. The Bertz CT molecular complexity index is 3610. The molecule has 0 amide bonds. The topological polar surface area (TPSA) is 34.8 Å². The van der Waals surface area contributed by atoms with E-state index in [0.29, 0.717) is 23.0 Å². The number of ether oxygens (including phenoxy) is 2. The molecule has 0 bridgehead atoms. The zero-order chi connectivity index (χ0) is 47.8. The Kier molecular flexibility index (Phi) is 10.7. The summed E-state index contributed by atoms with van der Waals surface area (Å²) in [5.74, 6) is 2.44. The van der Waals surface area contributed by atoms with E-state index in [1.54, 1.807) is 0 Å². The Hall–Kier alpha value is -9.78. The van der Waals surface area contributed by atoms with Crippen molar-refractivity contribution in [2.45, 2.75) is 0 Å². The Balaban J connectivity index is 0.980. The van der Waals surface area contributed by atoms with E-state index in [2.05, 4.69) is 274 Å². The van der Waals surface area contributed by atoms with Gasteiger partial charge in [-0.15, -0.1) is 0 Å². The SMILES string of the molecule is c1ccc(N(c2ccccc2)c2cc(Oc3ccccc3Oc3cc(N(c4ccccc4)c4ccccc4)cc(-n4c5ccccc5c5ccccc54)c3)cc(-n3c4ccccc4c4ccccc43)c2)cc1. The van der Waals surface area contributed by atoms with Crippen molar-refractivity contribution in [2.75, 3.05) is 9.80 Å². The molecule has 0 spiro atoms. The minimum atomic E-state index is 0.570. The first-order valence-electron chi connectivity index (χ1n) is 24.2. The van der Waals surface area contributed by atoms with Gasteiger partial charge in [0.2, 0.25) is 0 Å². The van der Waals surface area contributed by atoms with Crippen molar-refractivity contribution in [3.8, 4) is 34.4 Å². The maximum atomic E-state index is 7.16. The third-order valence-electron chi connectivity index (χ3n) is 13.3. The van der Waals surface area contributed by atoms with Crippen molar-refractivity contribution in [2.24, 2.45) is 0 Å². The number of rotatable bonds is 12. The van der Waals surface area contributed by atoms with Crippen molar-refractivity contribution < 1.29 is 9.47 Å². The number of benzene rings is 11. The molecule has 11 aromatic carbocycles. The normalized spacial score (nSPS) is 11.3. The Morgan fingerprint density at radius 2 is 0.500 bits per heavy atom. The summed E-state index contributed by atoms with van der Waals surface area (Å²) < 4.78 is 19.0. The van der Waals surface area contributed by atoms with Crippen LogP contribution in [0.1, 0.15) is 0 Å². The molecular weight excluding hydrogens is 881 g/mol. The second-order valence-electron chi connectivity index (χ2n) is 17.8. The minimum Gasteiger partial charge on any atom is -0.453 e. The molecule has 0 aliphatic heterocycles. The van der Waals surface area contributed by atoms with Crippen molar-refractivity contribution >= 4 is 77.7 Å². The number of para-hydroxylation sites is 10. The lowest BCUT2D eigenvalue weighted by Crippen LogP contribution is -2.11. The maximum absolute atomic E-state index is 7.16. The van der Waals surface area contributed by atoms with E-state index < -0.39 is 0 Å². The van der Waals surface area contributed by atoms with Crippen LogP contribution in [0.25, 0.3) is 55.0 Å². The summed E-state index contributed by atoms with van der Waals surface area (Å²) in [5.41, 5.74) is 12.3. The molecule has 0 saturated carbocycles. The highest BCUT2D eigenvalue weighted by molar-refractivity contribution is 6.10. The lowest BCUT2D eigenvalue weighted by atomic mass is 10.1. The second kappa shape index (κ2) is 18.3. The predicted octanol–water partition coefficient (Wildman–Crippen LogP) is 18.4. The largest absolute Gasteiger partial charge is 0.453 e. The van der Waals surface area contributed by atoms with E-state index in [0.717, 1.165) is 67.6 Å². The maximum Gasteiger partial charge on any atom is 0.169 e. The molecule has 2 aromatic heterocycles. The van der Waals surface area contributed by atoms with Crippen molar-refractivity contribution in [3.63, 3.8) is 0 Å². The summed E-state index contributed by atoms with van der Waals surface area (Å²) in [4.78, 5) is 4.55. The van der Waals surface area contributed by atoms with Gasteiger partial charge in [0.1, 0.15) is 11.5 Å². The summed E-state index contributed by atoms with van der Waals surface area (Å²) in [7, 11) is 0. The molecule has 0 aliphatic carbocycles. The number of anilines is 6. The molecule has 0 N–H and O–H groups in total. The monoisotopic (exact) mass is 926 g/mol. The Morgan fingerprint density at radius 1 is 0.236 bits per heavy atom. The standard InChI is InChI=1S/C66H46N4O2/c1-5-23-47(24-6-1)67(48-25-7-2-8-26-48)51-41-53(69-61-35-17-13-31-57(61)58-32-14-18-36-62(58)69)45-55(43-51)71-65-39-21-22-40-66(65)72-56-44-52(68(49-27-9-3-10-28-49)50-29-11-4-12-30-50)42-54(46-56)70-63-37-19-15-33-59(63)60-34-16-20-38-64(60)70/h1-46H. The van der Waals surface area contributed by atoms with E-state index in [1.165, 1.54) is 21.5 Å². The summed E-state index contributed by atoms with van der Waals surface area (Å²) in [6.07, 6.45) is 0. The zero-order valence-electron chi connectivity index (χ0n) is 39.2. The molecule has 72 heavy (non-hydrogen) atoms. The van der Waals surface area contributed by atoms with Gasteiger partial charge in [-0.25, -0.2) is 0 Å². The molecule has 0 atom stereocenters. The molecular formula is C66H46N4O2. The highest BCUT2D eigenvalue weighted by Gasteiger charge is 2.22. The average molecular weight is 927 g/mol. The molecule has 13 rings (SSSR count). The molecule has 13 aromatic rings. The van der Waals surface area contributed by atoms with Crippen molar-refractivity contribution in [3.05, 3.63) is 279 Å². The number of hydrogen-bond donors (Lipinski definition) is 0. The van der Waals surface area contributed by atoms with Gasteiger partial charge in [-0.3, -0.25) is 0 Å². The van der Waals surface area contributed by atoms with E-state index in [-0.39, 0.29) is 0 Å². The van der Waals surface area contributed by atoms with Gasteiger partial charge >= 0.3 is 0 Å². The van der Waals surface area contributed by atoms with Crippen LogP contribution >= 0.6 is 0 Å². The lowest BCUT2D eigenvalue weighted by Gasteiger charge is -2.27. The van der Waals surface area contributed by atoms with Crippen LogP contribution in [0.5, 0.6) is 23.0 Å². The Labute approximate surface area is 417 Å². The number of fused-ring (bicyclic) bond motifs is 6. The Morgan fingerprint density at radius 3 is 0.806 bits per heavy atom. The summed E-state index contributed by atoms with van der Waals surface area (Å²) in [6, 6.07) is 97.3. The molecule has 0 aliphatic rings. The first-order chi connectivity index (χ1) is 35.7. The van der Waals surface area contributed by atoms with E-state index >= 15 is 0 Å². The number of hydrogen-bond acceptors (Lipinski definition) is 4. The fraction of sp³-hybridized carbons (Fsp3) is 0. The molecule has 6 heteroatoms. The third kappa shape index (κ3) is 7.74. The molecule has 0 unspecified atom stereocenters. The number of nitrogens with zero attached hydrogens (tertiary/aromatic N) is 4. The average Bonchev–Trinajstić information content (AvgIpc) is 3.96. The fourth-order valence-corrected chi connectivity index (χ4v) is 10.2. The van der Waals surface area contributed by atoms with Crippen LogP contribution in [0.15, 0.2) is 279 Å². The molecule has 0 saturated heterocycles. The van der Waals surface area contributed by atoms with Gasteiger partial charge in [0.25, 0.3) is 0 Å². The predicted molar refractivity (Wildman–Crippen MR) is 298 cm³/mol. The van der Waals surface area contributed by atoms with Crippen molar-refractivity contribution in [1.29, 1.82) is 0 Å². The smallest absolute Gasteiger partial charge is 0.169 e. The molecule has 0 fully saturated rings. The van der Waals surface area contributed by atoms with Gasteiger partial charge in [-0.05, 0) is 97.1 Å². The van der Waals surface area contributed by atoms with E-state index in [1.807, 2.05) is 24.3 Å². The van der Waals surface area contributed by atoms with Crippen molar-refractivity contribution in [1.82, 2.24) is 9.13 Å². The van der Waals surface area contributed by atoms with Gasteiger partial charge in [0.15, 0.2) is 11.5 Å². The van der Waals surface area contributed by atoms with Crippen LogP contribution in [-0.4, -0.2) is 9.13 Å². The number of aromatic nitrogens is 2. The van der Waals surface area contributed by atoms with Crippen LogP contribution in [0, 0.1) is 0 Å². The van der Waals surface area contributed by atoms with Gasteiger partial charge in [-0.2, -0.15) is 0 Å². The van der Waals surface area contributed by atoms with Gasteiger partial charge in [-0.1, -0.05) is 158 Å². The van der Waals surface area contributed by atoms with Crippen LogP contribution in [0.4, 0.5) is 34.1 Å². The van der Waals surface area contributed by atoms with Gasteiger partial charge in [0.05, 0.1) is 44.8 Å². The first kappa shape index (κ1) is 42.3. The second-order valence-corrected chi connectivity index (χ2v) is 17.8. The fourth-order valence-electron chi connectivity index (χ4n) is 10.2. The van der Waals surface area contributed by atoms with Crippen LogP contribution in [0.2, 0.25) is 0 Å². The zero-order valence-corrected chi connectivity index (χ0v) is 39.2. The van der Waals surface area contributed by atoms with Crippen LogP contribution in [0.3, 0.4) is 0 Å². The van der Waals surface area contributed by atoms with Gasteiger partial charge < -0.3 is 28.4 Å². The molecule has 0 radical (unpaired) electrons. The highest BCUT2D eigenvalue weighted by Crippen LogP contribution is 2.45. The summed E-state index contributed by atoms with van der Waals surface area (Å²) >= 11 is 0. The highest BCUT2D eigenvalue weighted by atomic mass is 16.5. The van der Waals surface area contributed by atoms with Crippen LogP contribution < -0.4 is 19.3 Å². The summed E-state index contributed by atoms with van der Waals surface area (Å²) in [6.45, 7) is 0. The summed E-state index contributed by atoms with van der Waals surface area (Å²) in [5, 5.41) is 4.73.